The molecule has 0 aliphatic carbocycles. The molecule has 0 radical (unpaired) electrons. The van der Waals surface area contributed by atoms with Crippen molar-refractivity contribution < 1.29 is 9.53 Å². The van der Waals surface area contributed by atoms with Crippen molar-refractivity contribution in [3.05, 3.63) is 30.3 Å². The van der Waals surface area contributed by atoms with Crippen LogP contribution in [0.2, 0.25) is 18.6 Å². The van der Waals surface area contributed by atoms with E-state index >= 15 is 0 Å². The zero-order valence-electron chi connectivity index (χ0n) is 12.3. The van der Waals surface area contributed by atoms with Crippen molar-refractivity contribution in [3.63, 3.8) is 0 Å². The Bertz CT molecular complexity index is 404. The minimum absolute atomic E-state index is 0.0425. The summed E-state index contributed by atoms with van der Waals surface area (Å²) in [5.74, 6) is -0.0805. The highest BCUT2D eigenvalue weighted by Gasteiger charge is 2.37. The van der Waals surface area contributed by atoms with Gasteiger partial charge in [0.15, 0.2) is 0 Å². The Morgan fingerprint density at radius 2 is 1.67 bits per heavy atom. The van der Waals surface area contributed by atoms with Crippen molar-refractivity contribution in [2.75, 3.05) is 0 Å². The van der Waals surface area contributed by atoms with Gasteiger partial charge < -0.3 is 4.74 Å². The van der Waals surface area contributed by atoms with Gasteiger partial charge in [0, 0.05) is 0 Å². The second-order valence-electron chi connectivity index (χ2n) is 6.34. The third-order valence-corrected chi connectivity index (χ3v) is 7.58. The Hall–Kier alpha value is -1.09. The third kappa shape index (κ3) is 3.70. The summed E-state index contributed by atoms with van der Waals surface area (Å²) >= 11 is 0. The average Bonchev–Trinajstić information content (AvgIpc) is 2.27. The highest BCUT2D eigenvalue weighted by molar-refractivity contribution is 6.93. The summed E-state index contributed by atoms with van der Waals surface area (Å²) in [5, 5.41) is 1.29. The fourth-order valence-electron chi connectivity index (χ4n) is 1.80. The standard InChI is InChI=1S/C15H24O2Si/c1-12(14(16)17-15(2,3)4)18(5,6)13-10-8-7-9-11-13/h7-12H,1-6H3/t12-/m0/s1. The molecule has 0 aromatic heterocycles. The molecule has 3 heteroatoms. The molecule has 0 spiro atoms. The quantitative estimate of drug-likeness (QED) is 0.618. The normalized spacial score (nSPS) is 14.1. The summed E-state index contributed by atoms with van der Waals surface area (Å²) in [6.45, 7) is 12.2. The van der Waals surface area contributed by atoms with E-state index in [1.807, 2.05) is 45.9 Å². The summed E-state index contributed by atoms with van der Waals surface area (Å²) in [6, 6.07) is 10.3. The molecule has 0 aliphatic rings. The minimum Gasteiger partial charge on any atom is -0.460 e. The molecular formula is C15H24O2Si. The van der Waals surface area contributed by atoms with Gasteiger partial charge in [-0.15, -0.1) is 0 Å². The molecule has 1 aromatic carbocycles. The maximum absolute atomic E-state index is 12.2. The van der Waals surface area contributed by atoms with E-state index in [1.165, 1.54) is 5.19 Å². The van der Waals surface area contributed by atoms with E-state index in [-0.39, 0.29) is 11.5 Å². The van der Waals surface area contributed by atoms with Crippen LogP contribution in [0.15, 0.2) is 30.3 Å². The summed E-state index contributed by atoms with van der Waals surface area (Å²) in [7, 11) is -1.82. The van der Waals surface area contributed by atoms with Crippen LogP contribution in [0.3, 0.4) is 0 Å². The lowest BCUT2D eigenvalue weighted by atomic mass is 10.2. The van der Waals surface area contributed by atoms with Crippen LogP contribution in [-0.2, 0) is 9.53 Å². The molecule has 0 saturated carbocycles. The first-order valence-electron chi connectivity index (χ1n) is 6.43. The van der Waals surface area contributed by atoms with Gasteiger partial charge in [-0.25, -0.2) is 0 Å². The molecule has 0 saturated heterocycles. The van der Waals surface area contributed by atoms with Crippen LogP contribution in [0, 0.1) is 0 Å². The molecular weight excluding hydrogens is 240 g/mol. The molecule has 1 aromatic rings. The van der Waals surface area contributed by atoms with E-state index in [1.54, 1.807) is 0 Å². The molecule has 0 unspecified atom stereocenters. The zero-order chi connectivity index (χ0) is 14.0. The number of benzene rings is 1. The second-order valence-corrected chi connectivity index (χ2v) is 11.2. The van der Waals surface area contributed by atoms with Gasteiger partial charge in [0.25, 0.3) is 0 Å². The zero-order valence-corrected chi connectivity index (χ0v) is 13.3. The fourth-order valence-corrected chi connectivity index (χ4v) is 4.00. The average molecular weight is 264 g/mol. The van der Waals surface area contributed by atoms with E-state index in [0.717, 1.165) is 0 Å². The number of rotatable bonds is 3. The van der Waals surface area contributed by atoms with Gasteiger partial charge in [0.1, 0.15) is 5.60 Å². The number of carbonyl (C=O) groups excluding carboxylic acids is 1. The van der Waals surface area contributed by atoms with Crippen molar-refractivity contribution in [1.29, 1.82) is 0 Å². The molecule has 0 aliphatic heterocycles. The molecule has 1 rings (SSSR count). The largest absolute Gasteiger partial charge is 0.460 e. The van der Waals surface area contributed by atoms with Crippen molar-refractivity contribution in [3.8, 4) is 0 Å². The molecule has 2 nitrogen and oxygen atoms in total. The third-order valence-electron chi connectivity index (χ3n) is 3.36. The lowest BCUT2D eigenvalue weighted by Gasteiger charge is -2.31. The summed E-state index contributed by atoms with van der Waals surface area (Å²) in [4.78, 5) is 12.2. The Kier molecular flexibility index (Phi) is 4.38. The Labute approximate surface area is 111 Å². The highest BCUT2D eigenvalue weighted by Crippen LogP contribution is 2.25. The van der Waals surface area contributed by atoms with Crippen LogP contribution in [-0.4, -0.2) is 19.6 Å². The predicted molar refractivity (Wildman–Crippen MR) is 78.8 cm³/mol. The molecule has 0 N–H and O–H groups in total. The van der Waals surface area contributed by atoms with Crippen LogP contribution in [0.5, 0.6) is 0 Å². The van der Waals surface area contributed by atoms with Crippen LogP contribution < -0.4 is 5.19 Å². The lowest BCUT2D eigenvalue weighted by molar-refractivity contribution is -0.154. The Morgan fingerprint density at radius 1 is 1.17 bits per heavy atom. The number of hydrogen-bond donors (Lipinski definition) is 0. The maximum atomic E-state index is 12.2. The predicted octanol–water partition coefficient (Wildman–Crippen LogP) is 3.33. The topological polar surface area (TPSA) is 26.3 Å². The van der Waals surface area contributed by atoms with Gasteiger partial charge in [-0.05, 0) is 20.8 Å². The minimum atomic E-state index is -1.82. The van der Waals surface area contributed by atoms with Gasteiger partial charge in [0.05, 0.1) is 13.6 Å². The van der Waals surface area contributed by atoms with Crippen LogP contribution in [0.1, 0.15) is 27.7 Å². The van der Waals surface area contributed by atoms with E-state index < -0.39 is 13.7 Å². The van der Waals surface area contributed by atoms with Gasteiger partial charge in [-0.1, -0.05) is 55.5 Å². The van der Waals surface area contributed by atoms with Crippen LogP contribution in [0.25, 0.3) is 0 Å². The molecule has 18 heavy (non-hydrogen) atoms. The molecule has 100 valence electrons. The van der Waals surface area contributed by atoms with E-state index in [2.05, 4.69) is 25.2 Å². The first kappa shape index (κ1) is 15.0. The maximum Gasteiger partial charge on any atom is 0.306 e. The summed E-state index contributed by atoms with van der Waals surface area (Å²) in [6.07, 6.45) is 0. The number of esters is 1. The van der Waals surface area contributed by atoms with Gasteiger partial charge >= 0.3 is 5.97 Å². The monoisotopic (exact) mass is 264 g/mol. The SMILES string of the molecule is C[C@@H](C(=O)OC(C)(C)C)[Si](C)(C)c1ccccc1. The number of carbonyl (C=O) groups is 1. The number of hydrogen-bond acceptors (Lipinski definition) is 2. The first-order valence-corrected chi connectivity index (χ1v) is 9.51. The van der Waals surface area contributed by atoms with E-state index in [0.29, 0.717) is 0 Å². The molecule has 0 bridgehead atoms. The fraction of sp³-hybridized carbons (Fsp3) is 0.533. The Morgan fingerprint density at radius 3 is 2.11 bits per heavy atom. The van der Waals surface area contributed by atoms with Crippen molar-refractivity contribution in [2.45, 2.75) is 51.9 Å². The molecule has 0 heterocycles. The van der Waals surface area contributed by atoms with Crippen molar-refractivity contribution in [2.24, 2.45) is 0 Å². The smallest absolute Gasteiger partial charge is 0.306 e. The lowest BCUT2D eigenvalue weighted by Crippen LogP contribution is -2.48. The Balaban J connectivity index is 2.89. The van der Waals surface area contributed by atoms with E-state index in [9.17, 15) is 4.79 Å². The number of ether oxygens (including phenoxy) is 1. The molecule has 1 atom stereocenters. The summed E-state index contributed by atoms with van der Waals surface area (Å²) in [5.41, 5.74) is -0.453. The van der Waals surface area contributed by atoms with E-state index in [4.69, 9.17) is 4.74 Å². The highest BCUT2D eigenvalue weighted by atomic mass is 28.3. The van der Waals surface area contributed by atoms with Gasteiger partial charge in [-0.2, -0.15) is 0 Å². The van der Waals surface area contributed by atoms with Crippen molar-refractivity contribution >= 4 is 19.2 Å². The van der Waals surface area contributed by atoms with Gasteiger partial charge in [0.2, 0.25) is 0 Å². The molecule has 0 fully saturated rings. The summed E-state index contributed by atoms with van der Waals surface area (Å²) < 4.78 is 5.50. The first-order chi connectivity index (χ1) is 8.14. The van der Waals surface area contributed by atoms with Gasteiger partial charge in [-0.3, -0.25) is 4.79 Å². The van der Waals surface area contributed by atoms with Crippen LogP contribution >= 0.6 is 0 Å². The molecule has 0 amide bonds. The van der Waals surface area contributed by atoms with Crippen LogP contribution in [0.4, 0.5) is 0 Å². The second kappa shape index (κ2) is 5.27. The van der Waals surface area contributed by atoms with Crippen molar-refractivity contribution in [1.82, 2.24) is 0 Å².